The Balaban J connectivity index is 1.18. The van der Waals surface area contributed by atoms with Crippen molar-refractivity contribution in [2.75, 3.05) is 20.1 Å². The van der Waals surface area contributed by atoms with Crippen molar-refractivity contribution in [3.8, 4) is 0 Å². The molecule has 2 aliphatic rings. The maximum atomic E-state index is 14.2. The van der Waals surface area contributed by atoms with E-state index in [0.717, 1.165) is 52.9 Å². The molecule has 3 aromatic carbocycles. The third kappa shape index (κ3) is 4.83. The molecule has 4 aromatic rings. The summed E-state index contributed by atoms with van der Waals surface area (Å²) in [5.74, 6) is -0.684. The summed E-state index contributed by atoms with van der Waals surface area (Å²) in [4.78, 5) is 20.3. The molecule has 0 saturated carbocycles. The van der Waals surface area contributed by atoms with Gasteiger partial charge in [-0.15, -0.1) is 0 Å². The average Bonchev–Trinajstić information content (AvgIpc) is 3.52. The third-order valence-electron chi connectivity index (χ3n) is 7.46. The predicted octanol–water partition coefficient (Wildman–Crippen LogP) is 5.70. The molecule has 1 aromatic heterocycles. The van der Waals surface area contributed by atoms with Gasteiger partial charge in [-0.3, -0.25) is 9.79 Å². The topological polar surface area (TPSA) is 58.5 Å². The summed E-state index contributed by atoms with van der Waals surface area (Å²) in [6, 6.07) is 15.8. The summed E-state index contributed by atoms with van der Waals surface area (Å²) >= 11 is 1.19. The monoisotopic (exact) mass is 516 g/mol. The Bertz CT molecular complexity index is 1510. The highest BCUT2D eigenvalue weighted by atomic mass is 32.1. The number of piperidine rings is 1. The first-order valence-corrected chi connectivity index (χ1v) is 13.2. The minimum atomic E-state index is -0.498. The number of carbonyl (C=O) groups excluding carboxylic acids is 1. The molecule has 0 aliphatic carbocycles. The van der Waals surface area contributed by atoms with Crippen molar-refractivity contribution in [3.63, 3.8) is 0 Å². The number of hydrogen-bond donors (Lipinski definition) is 0. The maximum Gasteiger partial charge on any atom is 0.163 e. The molecule has 0 spiro atoms. The van der Waals surface area contributed by atoms with Crippen LogP contribution in [-0.2, 0) is 13.0 Å². The number of Topliss-reactive ketones (excluding diaryl/α,β-unsaturated/α-hetero) is 1. The van der Waals surface area contributed by atoms with Crippen LogP contribution in [0.2, 0.25) is 0 Å². The van der Waals surface area contributed by atoms with Crippen LogP contribution in [0.5, 0.6) is 0 Å². The zero-order valence-electron chi connectivity index (χ0n) is 20.5. The molecule has 0 bridgehead atoms. The lowest BCUT2D eigenvalue weighted by atomic mass is 9.82. The zero-order valence-corrected chi connectivity index (χ0v) is 21.3. The molecule has 2 unspecified atom stereocenters. The van der Waals surface area contributed by atoms with Crippen LogP contribution >= 0.6 is 11.7 Å². The van der Waals surface area contributed by atoms with E-state index in [9.17, 15) is 13.6 Å². The van der Waals surface area contributed by atoms with Gasteiger partial charge in [0.05, 0.1) is 24.0 Å². The van der Waals surface area contributed by atoms with Crippen LogP contribution in [0, 0.1) is 23.5 Å². The van der Waals surface area contributed by atoms with Crippen molar-refractivity contribution >= 4 is 34.3 Å². The Morgan fingerprint density at radius 3 is 2.62 bits per heavy atom. The lowest BCUT2D eigenvalue weighted by Crippen LogP contribution is -2.39. The number of aromatic nitrogens is 2. The number of halogens is 2. The Morgan fingerprint density at radius 1 is 1.00 bits per heavy atom. The SMILES string of the molecule is CN1CC(CC(=O)c2ccc3c(c2)C(c2ccc4nsnc4c2)=NC3)CC(Cc2c(F)cccc2F)C1. The Kier molecular flexibility index (Phi) is 6.38. The van der Waals surface area contributed by atoms with Gasteiger partial charge in [-0.05, 0) is 67.6 Å². The highest BCUT2D eigenvalue weighted by molar-refractivity contribution is 7.00. The van der Waals surface area contributed by atoms with Gasteiger partial charge in [-0.25, -0.2) is 8.78 Å². The number of likely N-dealkylation sites (tertiary alicyclic amines) is 1. The molecule has 1 saturated heterocycles. The summed E-state index contributed by atoms with van der Waals surface area (Å²) in [6.45, 7) is 2.14. The maximum absolute atomic E-state index is 14.2. The lowest BCUT2D eigenvalue weighted by Gasteiger charge is -2.35. The first kappa shape index (κ1) is 24.0. The highest BCUT2D eigenvalue weighted by Crippen LogP contribution is 2.31. The van der Waals surface area contributed by atoms with Crippen LogP contribution in [0.15, 0.2) is 59.6 Å². The van der Waals surface area contributed by atoms with Crippen molar-refractivity contribution in [3.05, 3.63) is 94.0 Å². The van der Waals surface area contributed by atoms with Gasteiger partial charge >= 0.3 is 0 Å². The molecule has 2 atom stereocenters. The fourth-order valence-electron chi connectivity index (χ4n) is 5.80. The number of carbonyl (C=O) groups is 1. The second-order valence-electron chi connectivity index (χ2n) is 10.2. The van der Waals surface area contributed by atoms with E-state index in [0.29, 0.717) is 24.9 Å². The Morgan fingerprint density at radius 2 is 1.78 bits per heavy atom. The van der Waals surface area contributed by atoms with Gasteiger partial charge < -0.3 is 4.90 Å². The number of nitrogens with zero attached hydrogens (tertiary/aromatic N) is 4. The number of fused-ring (bicyclic) bond motifs is 2. The molecule has 3 heterocycles. The van der Waals surface area contributed by atoms with E-state index < -0.39 is 11.6 Å². The van der Waals surface area contributed by atoms with Crippen molar-refractivity contribution in [1.29, 1.82) is 0 Å². The second kappa shape index (κ2) is 9.84. The minimum absolute atomic E-state index is 0.0873. The van der Waals surface area contributed by atoms with E-state index >= 15 is 0 Å². The van der Waals surface area contributed by atoms with Crippen LogP contribution in [0.4, 0.5) is 8.78 Å². The standard InChI is InChI=1S/C29H26F2N4OS/c1-35-15-17(10-23-24(30)3-2-4-25(23)31)9-18(16-35)11-28(36)19-5-6-21-14-32-29(22(21)12-19)20-7-8-26-27(13-20)34-37-33-26/h2-8,12-13,17-18H,9-11,14-16H2,1H3. The van der Waals surface area contributed by atoms with E-state index in [2.05, 4.69) is 13.6 Å². The third-order valence-corrected chi connectivity index (χ3v) is 8.01. The molecular weight excluding hydrogens is 490 g/mol. The van der Waals surface area contributed by atoms with Gasteiger partial charge in [0.25, 0.3) is 0 Å². The minimum Gasteiger partial charge on any atom is -0.306 e. The van der Waals surface area contributed by atoms with Gasteiger partial charge in [0.1, 0.15) is 22.7 Å². The number of benzene rings is 3. The summed E-state index contributed by atoms with van der Waals surface area (Å²) in [5, 5.41) is 0. The van der Waals surface area contributed by atoms with E-state index in [1.807, 2.05) is 43.4 Å². The van der Waals surface area contributed by atoms with Crippen LogP contribution in [0.1, 0.15) is 45.5 Å². The molecule has 8 heteroatoms. The molecule has 2 aliphatic heterocycles. The molecule has 0 amide bonds. The summed E-state index contributed by atoms with van der Waals surface area (Å²) in [7, 11) is 2.01. The summed E-state index contributed by atoms with van der Waals surface area (Å²) in [5.41, 5.74) is 6.47. The van der Waals surface area contributed by atoms with Gasteiger partial charge in [0.15, 0.2) is 5.78 Å². The van der Waals surface area contributed by atoms with Crippen molar-refractivity contribution in [2.24, 2.45) is 16.8 Å². The lowest BCUT2D eigenvalue weighted by molar-refractivity contribution is 0.0892. The van der Waals surface area contributed by atoms with Gasteiger partial charge in [-0.1, -0.05) is 24.3 Å². The van der Waals surface area contributed by atoms with Crippen molar-refractivity contribution in [1.82, 2.24) is 13.6 Å². The smallest absolute Gasteiger partial charge is 0.163 e. The number of rotatable bonds is 6. The average molecular weight is 517 g/mol. The first-order valence-electron chi connectivity index (χ1n) is 12.5. The largest absolute Gasteiger partial charge is 0.306 e. The molecule has 188 valence electrons. The second-order valence-corrected chi connectivity index (χ2v) is 10.8. The zero-order chi connectivity index (χ0) is 25.5. The number of hydrogen-bond acceptors (Lipinski definition) is 6. The molecular formula is C29H26F2N4OS. The molecule has 37 heavy (non-hydrogen) atoms. The van der Waals surface area contributed by atoms with Crippen LogP contribution in [0.25, 0.3) is 11.0 Å². The fraction of sp³-hybridized carbons (Fsp3) is 0.310. The predicted molar refractivity (Wildman–Crippen MR) is 141 cm³/mol. The Hall–Kier alpha value is -3.36. The van der Waals surface area contributed by atoms with E-state index in [1.54, 1.807) is 0 Å². The van der Waals surface area contributed by atoms with E-state index in [-0.39, 0.29) is 23.2 Å². The van der Waals surface area contributed by atoms with E-state index in [1.165, 1.54) is 29.9 Å². The van der Waals surface area contributed by atoms with Crippen molar-refractivity contribution < 1.29 is 13.6 Å². The van der Waals surface area contributed by atoms with Gasteiger partial charge in [-0.2, -0.15) is 8.75 Å². The molecule has 5 nitrogen and oxygen atoms in total. The van der Waals surface area contributed by atoms with Gasteiger partial charge in [0, 0.05) is 41.8 Å². The van der Waals surface area contributed by atoms with Crippen molar-refractivity contribution in [2.45, 2.75) is 25.8 Å². The molecule has 6 rings (SSSR count). The van der Waals surface area contributed by atoms with Crippen LogP contribution < -0.4 is 0 Å². The molecule has 1 fully saturated rings. The van der Waals surface area contributed by atoms with E-state index in [4.69, 9.17) is 4.99 Å². The highest BCUT2D eigenvalue weighted by Gasteiger charge is 2.29. The quantitative estimate of drug-likeness (QED) is 0.308. The molecule has 0 N–H and O–H groups in total. The fourth-order valence-corrected chi connectivity index (χ4v) is 6.32. The molecule has 0 radical (unpaired) electrons. The first-order chi connectivity index (χ1) is 17.9. The normalized spacial score (nSPS) is 19.7. The van der Waals surface area contributed by atoms with Crippen LogP contribution in [-0.4, -0.2) is 45.3 Å². The number of aliphatic imine (C=N–C) groups is 1. The summed E-state index contributed by atoms with van der Waals surface area (Å²) < 4.78 is 37.1. The Labute approximate surface area is 218 Å². The summed E-state index contributed by atoms with van der Waals surface area (Å²) in [6.07, 6.45) is 1.51. The van der Waals surface area contributed by atoms with Gasteiger partial charge in [0.2, 0.25) is 0 Å². The number of ketones is 1. The van der Waals surface area contributed by atoms with Crippen LogP contribution in [0.3, 0.4) is 0 Å².